The van der Waals surface area contributed by atoms with Gasteiger partial charge >= 0.3 is 0 Å². The Morgan fingerprint density at radius 1 is 1.29 bits per heavy atom. The van der Waals surface area contributed by atoms with Crippen LogP contribution in [-0.4, -0.2) is 41.6 Å². The quantitative estimate of drug-likeness (QED) is 0.872. The second-order valence-corrected chi connectivity index (χ2v) is 6.45. The molecule has 1 saturated heterocycles. The fraction of sp³-hybridized carbons (Fsp3) is 0.389. The van der Waals surface area contributed by atoms with Gasteiger partial charge in [-0.1, -0.05) is 11.6 Å². The van der Waals surface area contributed by atoms with Crippen LogP contribution < -0.4 is 5.32 Å². The van der Waals surface area contributed by atoms with Crippen LogP contribution in [0.5, 0.6) is 0 Å². The van der Waals surface area contributed by atoms with E-state index < -0.39 is 6.10 Å². The molecule has 1 amide bonds. The van der Waals surface area contributed by atoms with Crippen LogP contribution in [0.15, 0.2) is 47.1 Å². The van der Waals surface area contributed by atoms with Crippen LogP contribution in [-0.2, 0) is 0 Å². The van der Waals surface area contributed by atoms with Gasteiger partial charge in [0.1, 0.15) is 11.9 Å². The molecule has 0 bridgehead atoms. The number of benzene rings is 1. The first-order valence-electron chi connectivity index (χ1n) is 8.13. The third kappa shape index (κ3) is 4.17. The third-order valence-electron chi connectivity index (χ3n) is 4.34. The summed E-state index contributed by atoms with van der Waals surface area (Å²) in [5.74, 6) is 0.610. The Morgan fingerprint density at radius 2 is 2.00 bits per heavy atom. The number of amides is 1. The molecule has 2 N–H and O–H groups in total. The van der Waals surface area contributed by atoms with Crippen molar-refractivity contribution in [3.05, 3.63) is 59.0 Å². The maximum absolute atomic E-state index is 12.4. The molecule has 0 radical (unpaired) electrons. The highest BCUT2D eigenvalue weighted by Crippen LogP contribution is 2.17. The highest BCUT2D eigenvalue weighted by molar-refractivity contribution is 6.30. The third-order valence-corrected chi connectivity index (χ3v) is 4.60. The van der Waals surface area contributed by atoms with E-state index in [1.807, 2.05) is 4.90 Å². The first-order chi connectivity index (χ1) is 11.6. The first kappa shape index (κ1) is 17.0. The first-order valence-corrected chi connectivity index (χ1v) is 8.51. The second-order valence-electron chi connectivity index (χ2n) is 6.01. The van der Waals surface area contributed by atoms with Gasteiger partial charge in [-0.25, -0.2) is 0 Å². The minimum Gasteiger partial charge on any atom is -0.467 e. The molecule has 1 aliphatic heterocycles. The van der Waals surface area contributed by atoms with Gasteiger partial charge in [0, 0.05) is 36.3 Å². The molecule has 1 aromatic carbocycles. The zero-order valence-corrected chi connectivity index (χ0v) is 14.1. The number of nitrogens with zero attached hydrogens (tertiary/aromatic N) is 1. The number of carbonyl (C=O) groups is 1. The van der Waals surface area contributed by atoms with Crippen molar-refractivity contribution in [2.24, 2.45) is 0 Å². The van der Waals surface area contributed by atoms with Crippen molar-refractivity contribution >= 4 is 17.5 Å². The number of halogens is 1. The summed E-state index contributed by atoms with van der Waals surface area (Å²) >= 11 is 5.86. The zero-order valence-electron chi connectivity index (χ0n) is 13.3. The lowest BCUT2D eigenvalue weighted by molar-refractivity contribution is 0.0695. The Balaban J connectivity index is 1.45. The molecule has 3 rings (SSSR count). The van der Waals surface area contributed by atoms with Gasteiger partial charge in [0.2, 0.25) is 0 Å². The van der Waals surface area contributed by atoms with Crippen molar-refractivity contribution in [2.75, 3.05) is 19.6 Å². The topological polar surface area (TPSA) is 65.7 Å². The molecule has 1 fully saturated rings. The molecule has 1 aromatic heterocycles. The normalized spacial score (nSPS) is 17.0. The average Bonchev–Trinajstić information content (AvgIpc) is 3.15. The van der Waals surface area contributed by atoms with E-state index in [0.717, 1.165) is 12.8 Å². The van der Waals surface area contributed by atoms with Gasteiger partial charge in [-0.15, -0.1) is 0 Å². The van der Waals surface area contributed by atoms with Crippen LogP contribution in [0.1, 0.15) is 35.1 Å². The summed E-state index contributed by atoms with van der Waals surface area (Å²) in [6.45, 7) is 1.86. The molecule has 0 aliphatic carbocycles. The van der Waals surface area contributed by atoms with E-state index in [0.29, 0.717) is 42.0 Å². The van der Waals surface area contributed by atoms with Crippen LogP contribution in [0.25, 0.3) is 0 Å². The Bertz CT molecular complexity index is 649. The summed E-state index contributed by atoms with van der Waals surface area (Å²) in [5, 5.41) is 14.0. The predicted molar refractivity (Wildman–Crippen MR) is 92.0 cm³/mol. The van der Waals surface area contributed by atoms with Gasteiger partial charge in [-0.3, -0.25) is 4.79 Å². The van der Waals surface area contributed by atoms with E-state index in [9.17, 15) is 9.90 Å². The van der Waals surface area contributed by atoms with E-state index in [1.54, 1.807) is 42.7 Å². The molecule has 2 heterocycles. The molecule has 5 nitrogen and oxygen atoms in total. The van der Waals surface area contributed by atoms with Gasteiger partial charge in [-0.05, 0) is 49.2 Å². The Labute approximate surface area is 146 Å². The molecule has 24 heavy (non-hydrogen) atoms. The molecule has 128 valence electrons. The number of likely N-dealkylation sites (tertiary alicyclic amines) is 1. The second kappa shape index (κ2) is 7.83. The molecule has 6 heteroatoms. The number of hydrogen-bond donors (Lipinski definition) is 2. The molecule has 1 aliphatic rings. The predicted octanol–water partition coefficient (Wildman–Crippen LogP) is 2.86. The lowest BCUT2D eigenvalue weighted by Crippen LogP contribution is -2.45. The fourth-order valence-electron chi connectivity index (χ4n) is 2.92. The lowest BCUT2D eigenvalue weighted by Gasteiger charge is -2.33. The number of nitrogens with one attached hydrogen (secondary N) is 1. The monoisotopic (exact) mass is 348 g/mol. The van der Waals surface area contributed by atoms with Crippen molar-refractivity contribution in [2.45, 2.75) is 25.0 Å². The van der Waals surface area contributed by atoms with Crippen LogP contribution in [0.4, 0.5) is 0 Å². The minimum absolute atomic E-state index is 0.0423. The molecule has 1 atom stereocenters. The largest absolute Gasteiger partial charge is 0.467 e. The fourth-order valence-corrected chi connectivity index (χ4v) is 3.05. The average molecular weight is 349 g/mol. The summed E-state index contributed by atoms with van der Waals surface area (Å²) in [6, 6.07) is 10.8. The smallest absolute Gasteiger partial charge is 0.253 e. The number of aliphatic hydroxyl groups is 1. The summed E-state index contributed by atoms with van der Waals surface area (Å²) in [7, 11) is 0. The SMILES string of the molecule is O=C(c1ccc(Cl)cc1)N1CCC(NCC(O)c2ccco2)CC1. The van der Waals surface area contributed by atoms with Gasteiger partial charge in [0.25, 0.3) is 5.91 Å². The van der Waals surface area contributed by atoms with Crippen LogP contribution in [0.3, 0.4) is 0 Å². The maximum atomic E-state index is 12.4. The number of aliphatic hydroxyl groups excluding tert-OH is 1. The molecular formula is C18H21ClN2O3. The van der Waals surface area contributed by atoms with Crippen LogP contribution in [0.2, 0.25) is 5.02 Å². The number of piperidine rings is 1. The standard InChI is InChI=1S/C18H21ClN2O3/c19-14-5-3-13(4-6-14)18(23)21-9-7-15(8-10-21)20-12-16(22)17-2-1-11-24-17/h1-6,11,15-16,20,22H,7-10,12H2. The van der Waals surface area contributed by atoms with Crippen molar-refractivity contribution in [3.63, 3.8) is 0 Å². The number of rotatable bonds is 5. The Hall–Kier alpha value is -1.82. The van der Waals surface area contributed by atoms with Gasteiger partial charge in [0.15, 0.2) is 0 Å². The Morgan fingerprint density at radius 3 is 2.62 bits per heavy atom. The van der Waals surface area contributed by atoms with Gasteiger partial charge in [0.05, 0.1) is 6.26 Å². The van der Waals surface area contributed by atoms with Crippen molar-refractivity contribution in [1.29, 1.82) is 0 Å². The van der Waals surface area contributed by atoms with E-state index >= 15 is 0 Å². The lowest BCUT2D eigenvalue weighted by atomic mass is 10.0. The highest BCUT2D eigenvalue weighted by atomic mass is 35.5. The molecule has 0 saturated carbocycles. The highest BCUT2D eigenvalue weighted by Gasteiger charge is 2.24. The maximum Gasteiger partial charge on any atom is 0.253 e. The molecule has 2 aromatic rings. The van der Waals surface area contributed by atoms with Gasteiger partial charge < -0.3 is 19.7 Å². The molecular weight excluding hydrogens is 328 g/mol. The van der Waals surface area contributed by atoms with E-state index in [2.05, 4.69) is 5.32 Å². The number of hydrogen-bond acceptors (Lipinski definition) is 4. The zero-order chi connectivity index (χ0) is 16.9. The number of carbonyl (C=O) groups excluding carboxylic acids is 1. The van der Waals surface area contributed by atoms with Crippen molar-refractivity contribution < 1.29 is 14.3 Å². The van der Waals surface area contributed by atoms with Crippen molar-refractivity contribution in [3.8, 4) is 0 Å². The van der Waals surface area contributed by atoms with Gasteiger partial charge in [-0.2, -0.15) is 0 Å². The van der Waals surface area contributed by atoms with E-state index in [4.69, 9.17) is 16.0 Å². The Kier molecular flexibility index (Phi) is 5.56. The summed E-state index contributed by atoms with van der Waals surface area (Å²) in [6.07, 6.45) is 2.64. The van der Waals surface area contributed by atoms with Crippen LogP contribution in [0, 0.1) is 0 Å². The van der Waals surface area contributed by atoms with E-state index in [1.165, 1.54) is 0 Å². The molecule has 1 unspecified atom stereocenters. The summed E-state index contributed by atoms with van der Waals surface area (Å²) < 4.78 is 5.19. The summed E-state index contributed by atoms with van der Waals surface area (Å²) in [4.78, 5) is 14.3. The molecule has 0 spiro atoms. The number of furan rings is 1. The van der Waals surface area contributed by atoms with E-state index in [-0.39, 0.29) is 5.91 Å². The minimum atomic E-state index is -0.645. The summed E-state index contributed by atoms with van der Waals surface area (Å²) in [5.41, 5.74) is 0.666. The van der Waals surface area contributed by atoms with Crippen molar-refractivity contribution in [1.82, 2.24) is 10.2 Å². The van der Waals surface area contributed by atoms with Crippen LogP contribution >= 0.6 is 11.6 Å².